The third kappa shape index (κ3) is 2.74. The van der Waals surface area contributed by atoms with Crippen LogP contribution in [0.3, 0.4) is 0 Å². The van der Waals surface area contributed by atoms with Crippen molar-refractivity contribution in [1.82, 2.24) is 0 Å². The largest absolute Gasteiger partial charge is 0.393 e. The molecule has 5 saturated carbocycles. The van der Waals surface area contributed by atoms with Crippen LogP contribution in [0.1, 0.15) is 107 Å². The molecule has 1 saturated heterocycles. The maximum Gasteiger partial charge on any atom is 0.0880 e. The van der Waals surface area contributed by atoms with Crippen molar-refractivity contribution in [2.24, 2.45) is 56.2 Å². The van der Waals surface area contributed by atoms with Crippen LogP contribution in [-0.2, 0) is 4.74 Å². The van der Waals surface area contributed by atoms with Crippen LogP contribution in [0.15, 0.2) is 0 Å². The molecular weight excluding hydrogens is 436 g/mol. The quantitative estimate of drug-likeness (QED) is 0.451. The van der Waals surface area contributed by atoms with Crippen molar-refractivity contribution in [2.75, 3.05) is 0 Å². The fraction of sp³-hybridized carbons (Fsp3) is 1.00. The lowest BCUT2D eigenvalue weighted by atomic mass is 9.41. The van der Waals surface area contributed by atoms with E-state index in [-0.39, 0.29) is 40.0 Å². The summed E-state index contributed by atoms with van der Waals surface area (Å²) in [5.41, 5.74) is 0.361. The monoisotopic (exact) mass is 488 g/mol. The SMILES string of the molecule is CC1CC(C(O)C(C)(C)C)OC2C1C1(C)CCC34CC35CCC(O)C(C)(C)C5CCC4C1(C)C2O. The Hall–Kier alpha value is -0.160. The van der Waals surface area contributed by atoms with Gasteiger partial charge in [-0.05, 0) is 102 Å². The van der Waals surface area contributed by atoms with Crippen LogP contribution in [0.25, 0.3) is 0 Å². The number of ether oxygens (including phenoxy) is 1. The summed E-state index contributed by atoms with van der Waals surface area (Å²) in [6.45, 7) is 18.2. The van der Waals surface area contributed by atoms with E-state index in [0.29, 0.717) is 34.5 Å². The molecule has 4 heteroatoms. The molecule has 4 nitrogen and oxygen atoms in total. The van der Waals surface area contributed by atoms with Crippen LogP contribution in [-0.4, -0.2) is 45.8 Å². The first-order chi connectivity index (χ1) is 16.1. The number of hydrogen-bond acceptors (Lipinski definition) is 4. The molecule has 13 unspecified atom stereocenters. The summed E-state index contributed by atoms with van der Waals surface area (Å²) in [4.78, 5) is 0. The molecule has 0 aromatic carbocycles. The summed E-state index contributed by atoms with van der Waals surface area (Å²) in [5.74, 6) is 1.91. The highest BCUT2D eigenvalue weighted by atomic mass is 16.5. The molecule has 200 valence electrons. The minimum atomic E-state index is -0.522. The van der Waals surface area contributed by atoms with Crippen molar-refractivity contribution in [1.29, 1.82) is 0 Å². The van der Waals surface area contributed by atoms with Gasteiger partial charge in [-0.25, -0.2) is 0 Å². The summed E-state index contributed by atoms with van der Waals surface area (Å²) in [5, 5.41) is 34.3. The topological polar surface area (TPSA) is 69.9 Å². The Labute approximate surface area is 213 Å². The van der Waals surface area contributed by atoms with Gasteiger partial charge in [0.05, 0.1) is 30.5 Å². The molecule has 0 aromatic heterocycles. The van der Waals surface area contributed by atoms with E-state index in [1.807, 2.05) is 0 Å². The number of rotatable bonds is 1. The van der Waals surface area contributed by atoms with Gasteiger partial charge in [-0.15, -0.1) is 0 Å². The molecule has 6 rings (SSSR count). The molecule has 1 aliphatic heterocycles. The van der Waals surface area contributed by atoms with Crippen LogP contribution in [0, 0.1) is 56.2 Å². The maximum absolute atomic E-state index is 12.2. The van der Waals surface area contributed by atoms with Crippen molar-refractivity contribution >= 4 is 0 Å². The lowest BCUT2D eigenvalue weighted by Gasteiger charge is -2.63. The number of hydrogen-bond donors (Lipinski definition) is 3. The van der Waals surface area contributed by atoms with Crippen molar-refractivity contribution in [3.63, 3.8) is 0 Å². The van der Waals surface area contributed by atoms with Gasteiger partial charge in [0.1, 0.15) is 0 Å². The third-order valence-corrected chi connectivity index (χ3v) is 14.0. The summed E-state index contributed by atoms with van der Waals surface area (Å²) in [7, 11) is 0. The summed E-state index contributed by atoms with van der Waals surface area (Å²) in [6.07, 6.45) is 7.55. The number of aliphatic hydroxyl groups is 3. The van der Waals surface area contributed by atoms with E-state index in [1.54, 1.807) is 0 Å². The molecule has 0 radical (unpaired) electrons. The van der Waals surface area contributed by atoms with Gasteiger partial charge in [0.25, 0.3) is 0 Å². The molecule has 6 aliphatic rings. The van der Waals surface area contributed by atoms with Gasteiger partial charge < -0.3 is 20.1 Å². The Kier molecular flexibility index (Phi) is 5.08. The van der Waals surface area contributed by atoms with Crippen molar-refractivity contribution in [3.05, 3.63) is 0 Å². The van der Waals surface area contributed by atoms with Crippen molar-refractivity contribution in [2.45, 2.75) is 137 Å². The normalized spacial score (nSPS) is 59.4. The van der Waals surface area contributed by atoms with Gasteiger partial charge in [-0.1, -0.05) is 55.4 Å². The van der Waals surface area contributed by atoms with E-state index in [0.717, 1.165) is 12.8 Å². The molecule has 0 aromatic rings. The second kappa shape index (κ2) is 7.07. The fourth-order valence-corrected chi connectivity index (χ4v) is 12.1. The number of fused-ring (bicyclic) bond motifs is 4. The fourth-order valence-electron chi connectivity index (χ4n) is 12.1. The Morgan fingerprint density at radius 1 is 0.886 bits per heavy atom. The molecule has 13 atom stereocenters. The second-order valence-electron chi connectivity index (χ2n) is 16.4. The number of aliphatic hydroxyl groups excluding tert-OH is 3. The Morgan fingerprint density at radius 3 is 2.17 bits per heavy atom. The van der Waals surface area contributed by atoms with Gasteiger partial charge >= 0.3 is 0 Å². The van der Waals surface area contributed by atoms with Gasteiger partial charge in [0.2, 0.25) is 0 Å². The van der Waals surface area contributed by atoms with Crippen molar-refractivity contribution in [3.8, 4) is 0 Å². The summed E-state index contributed by atoms with van der Waals surface area (Å²) >= 11 is 0. The van der Waals surface area contributed by atoms with Gasteiger partial charge in [-0.3, -0.25) is 0 Å². The minimum Gasteiger partial charge on any atom is -0.393 e. The lowest BCUT2D eigenvalue weighted by Crippen LogP contribution is -2.59. The van der Waals surface area contributed by atoms with Crippen molar-refractivity contribution < 1.29 is 20.1 Å². The highest BCUT2D eigenvalue weighted by Gasteiger charge is 2.84. The molecule has 3 N–H and O–H groups in total. The maximum atomic E-state index is 12.2. The third-order valence-electron chi connectivity index (χ3n) is 14.0. The first-order valence-corrected chi connectivity index (χ1v) is 14.8. The molecule has 1 heterocycles. The average Bonchev–Trinajstić information content (AvgIpc) is 3.40. The lowest BCUT2D eigenvalue weighted by molar-refractivity contribution is -0.189. The van der Waals surface area contributed by atoms with Gasteiger partial charge in [0, 0.05) is 5.41 Å². The van der Waals surface area contributed by atoms with Crippen LogP contribution in [0.2, 0.25) is 0 Å². The van der Waals surface area contributed by atoms with Crippen LogP contribution < -0.4 is 0 Å². The Bertz CT molecular complexity index is 893. The van der Waals surface area contributed by atoms with E-state index in [4.69, 9.17) is 4.74 Å². The summed E-state index contributed by atoms with van der Waals surface area (Å²) < 4.78 is 6.75. The smallest absolute Gasteiger partial charge is 0.0880 e. The minimum absolute atomic E-state index is 0.00933. The van der Waals surface area contributed by atoms with Gasteiger partial charge in [0.15, 0.2) is 0 Å². The highest BCUT2D eigenvalue weighted by Crippen LogP contribution is 2.89. The highest BCUT2D eigenvalue weighted by molar-refractivity contribution is 5.32. The van der Waals surface area contributed by atoms with E-state index < -0.39 is 12.2 Å². The molecule has 0 bridgehead atoms. The second-order valence-corrected chi connectivity index (χ2v) is 16.4. The Balaban J connectivity index is 1.36. The Morgan fingerprint density at radius 2 is 1.51 bits per heavy atom. The molecule has 0 amide bonds. The summed E-state index contributed by atoms with van der Waals surface area (Å²) in [6, 6.07) is 0. The van der Waals surface area contributed by atoms with Crippen LogP contribution in [0.5, 0.6) is 0 Å². The van der Waals surface area contributed by atoms with E-state index in [9.17, 15) is 15.3 Å². The molecular formula is C31H52O4. The average molecular weight is 489 g/mol. The predicted molar refractivity (Wildman–Crippen MR) is 138 cm³/mol. The van der Waals surface area contributed by atoms with Crippen LogP contribution in [0.4, 0.5) is 0 Å². The predicted octanol–water partition coefficient (Wildman–Crippen LogP) is 5.57. The van der Waals surface area contributed by atoms with Crippen LogP contribution >= 0.6 is 0 Å². The van der Waals surface area contributed by atoms with E-state index in [1.165, 1.54) is 38.5 Å². The standard InChI is InChI=1S/C31H52O4/c1-17-15-18(24(33)26(2,3)4)35-23-22(17)28(7)13-14-31-16-30(31)12-11-21(32)27(5,6)19(30)9-10-20(31)29(28,8)25(23)34/h17-25,32-34H,9-16H2,1-8H3. The zero-order chi connectivity index (χ0) is 25.6. The molecule has 5 aliphatic carbocycles. The van der Waals surface area contributed by atoms with Gasteiger partial charge in [-0.2, -0.15) is 0 Å². The molecule has 6 fully saturated rings. The first kappa shape index (κ1) is 25.1. The molecule has 2 spiro atoms. The van der Waals surface area contributed by atoms with E-state index >= 15 is 0 Å². The zero-order valence-corrected chi connectivity index (χ0v) is 23.6. The zero-order valence-electron chi connectivity index (χ0n) is 23.6. The molecule has 35 heavy (non-hydrogen) atoms. The first-order valence-electron chi connectivity index (χ1n) is 14.8. The van der Waals surface area contributed by atoms with E-state index in [2.05, 4.69) is 55.4 Å².